The zero-order valence-corrected chi connectivity index (χ0v) is 14.4. The van der Waals surface area contributed by atoms with E-state index in [-0.39, 0.29) is 12.1 Å². The first kappa shape index (κ1) is 18.7. The molecule has 3 nitrogen and oxygen atoms in total. The summed E-state index contributed by atoms with van der Waals surface area (Å²) in [6.07, 6.45) is 4.82. The molecule has 1 unspecified atom stereocenters. The van der Waals surface area contributed by atoms with E-state index in [1.165, 1.54) is 0 Å². The number of carbonyl (C=O) groups excluding carboxylic acids is 1. The Labute approximate surface area is 135 Å². The second-order valence-corrected chi connectivity index (χ2v) is 6.21. The van der Waals surface area contributed by atoms with Gasteiger partial charge in [-0.15, -0.1) is 0 Å². The molecule has 0 fully saturated rings. The minimum Gasteiger partial charge on any atom is -0.456 e. The molecule has 0 bridgehead atoms. The Morgan fingerprint density at radius 1 is 1.18 bits per heavy atom. The van der Waals surface area contributed by atoms with Crippen molar-refractivity contribution in [3.63, 3.8) is 0 Å². The lowest BCUT2D eigenvalue weighted by molar-refractivity contribution is 0.00146. The second kappa shape index (κ2) is 10.4. The highest BCUT2D eigenvalue weighted by Crippen LogP contribution is 2.17. The Kier molecular flexibility index (Phi) is 8.83. The number of carbonyl (C=O) groups is 1. The number of methoxy groups -OCH3 is 1. The van der Waals surface area contributed by atoms with Gasteiger partial charge in [-0.1, -0.05) is 45.4 Å². The van der Waals surface area contributed by atoms with E-state index >= 15 is 0 Å². The summed E-state index contributed by atoms with van der Waals surface area (Å²) in [7, 11) is 1.64. The Balaban J connectivity index is 2.72. The van der Waals surface area contributed by atoms with Crippen molar-refractivity contribution >= 4 is 5.97 Å². The quantitative estimate of drug-likeness (QED) is 0.591. The second-order valence-electron chi connectivity index (χ2n) is 6.21. The fourth-order valence-electron chi connectivity index (χ4n) is 2.40. The SMILES string of the molecule is CCCCc1ccccc1C(=O)OC(CCC(C)C)COC. The number of hydrogen-bond donors (Lipinski definition) is 0. The van der Waals surface area contributed by atoms with Crippen molar-refractivity contribution in [2.24, 2.45) is 5.92 Å². The number of rotatable bonds is 10. The lowest BCUT2D eigenvalue weighted by Gasteiger charge is -2.19. The van der Waals surface area contributed by atoms with Crippen LogP contribution in [0, 0.1) is 5.92 Å². The monoisotopic (exact) mass is 306 g/mol. The third-order valence-electron chi connectivity index (χ3n) is 3.73. The molecule has 1 rings (SSSR count). The maximum Gasteiger partial charge on any atom is 0.338 e. The highest BCUT2D eigenvalue weighted by Gasteiger charge is 2.18. The van der Waals surface area contributed by atoms with E-state index in [0.29, 0.717) is 18.1 Å². The van der Waals surface area contributed by atoms with Crippen molar-refractivity contribution in [3.8, 4) is 0 Å². The van der Waals surface area contributed by atoms with Crippen LogP contribution in [0.4, 0.5) is 0 Å². The molecule has 0 amide bonds. The highest BCUT2D eigenvalue weighted by molar-refractivity contribution is 5.91. The van der Waals surface area contributed by atoms with E-state index in [1.807, 2.05) is 24.3 Å². The molecule has 1 aromatic rings. The summed E-state index contributed by atoms with van der Waals surface area (Å²) in [6, 6.07) is 7.75. The van der Waals surface area contributed by atoms with E-state index in [4.69, 9.17) is 9.47 Å². The predicted octanol–water partition coefficient (Wildman–Crippen LogP) is 4.64. The molecule has 0 aromatic heterocycles. The van der Waals surface area contributed by atoms with Gasteiger partial charge < -0.3 is 9.47 Å². The first-order valence-electron chi connectivity index (χ1n) is 8.36. The molecular weight excluding hydrogens is 276 g/mol. The van der Waals surface area contributed by atoms with Crippen molar-refractivity contribution in [2.45, 2.75) is 59.0 Å². The van der Waals surface area contributed by atoms with E-state index in [0.717, 1.165) is 37.7 Å². The number of unbranched alkanes of at least 4 members (excludes halogenated alkanes) is 1. The van der Waals surface area contributed by atoms with Crippen molar-refractivity contribution in [1.29, 1.82) is 0 Å². The molecule has 0 saturated heterocycles. The largest absolute Gasteiger partial charge is 0.456 e. The molecule has 0 N–H and O–H groups in total. The molecule has 22 heavy (non-hydrogen) atoms. The Bertz CT molecular complexity index is 440. The molecule has 1 atom stereocenters. The zero-order valence-electron chi connectivity index (χ0n) is 14.4. The molecule has 124 valence electrons. The summed E-state index contributed by atoms with van der Waals surface area (Å²) in [6.45, 7) is 6.95. The molecule has 3 heteroatoms. The summed E-state index contributed by atoms with van der Waals surface area (Å²) in [4.78, 5) is 12.5. The zero-order chi connectivity index (χ0) is 16.4. The van der Waals surface area contributed by atoms with Gasteiger partial charge in [-0.2, -0.15) is 0 Å². The van der Waals surface area contributed by atoms with Gasteiger partial charge in [0.25, 0.3) is 0 Å². The Morgan fingerprint density at radius 3 is 2.55 bits per heavy atom. The van der Waals surface area contributed by atoms with Gasteiger partial charge in [0.05, 0.1) is 12.2 Å². The van der Waals surface area contributed by atoms with Crippen LogP contribution in [0.25, 0.3) is 0 Å². The molecule has 0 aliphatic carbocycles. The summed E-state index contributed by atoms with van der Waals surface area (Å²) in [5, 5.41) is 0. The highest BCUT2D eigenvalue weighted by atomic mass is 16.6. The van der Waals surface area contributed by atoms with Crippen molar-refractivity contribution < 1.29 is 14.3 Å². The Hall–Kier alpha value is -1.35. The number of hydrogen-bond acceptors (Lipinski definition) is 3. The van der Waals surface area contributed by atoms with Crippen LogP contribution in [-0.2, 0) is 15.9 Å². The Morgan fingerprint density at radius 2 is 1.91 bits per heavy atom. The molecule has 0 saturated carbocycles. The van der Waals surface area contributed by atoms with E-state index < -0.39 is 0 Å². The smallest absolute Gasteiger partial charge is 0.338 e. The summed E-state index contributed by atoms with van der Waals surface area (Å²) < 4.78 is 10.9. The first-order valence-corrected chi connectivity index (χ1v) is 8.36. The van der Waals surface area contributed by atoms with Gasteiger partial charge in [0.1, 0.15) is 6.10 Å². The molecule has 0 radical (unpaired) electrons. The van der Waals surface area contributed by atoms with Gasteiger partial charge in [-0.3, -0.25) is 0 Å². The fraction of sp³-hybridized carbons (Fsp3) is 0.632. The average Bonchev–Trinajstić information content (AvgIpc) is 2.51. The van der Waals surface area contributed by atoms with E-state index in [2.05, 4.69) is 20.8 Å². The lowest BCUT2D eigenvalue weighted by atomic mass is 10.0. The maximum atomic E-state index is 12.5. The van der Waals surface area contributed by atoms with Crippen molar-refractivity contribution in [1.82, 2.24) is 0 Å². The topological polar surface area (TPSA) is 35.5 Å². The summed E-state index contributed by atoms with van der Waals surface area (Å²) >= 11 is 0. The van der Waals surface area contributed by atoms with Crippen LogP contribution >= 0.6 is 0 Å². The van der Waals surface area contributed by atoms with Crippen LogP contribution < -0.4 is 0 Å². The molecule has 1 aromatic carbocycles. The summed E-state index contributed by atoms with van der Waals surface area (Å²) in [5.41, 5.74) is 1.77. The third kappa shape index (κ3) is 6.61. The average molecular weight is 306 g/mol. The summed E-state index contributed by atoms with van der Waals surface area (Å²) in [5.74, 6) is 0.368. The fourth-order valence-corrected chi connectivity index (χ4v) is 2.40. The number of benzene rings is 1. The van der Waals surface area contributed by atoms with Gasteiger partial charge in [-0.25, -0.2) is 4.79 Å². The van der Waals surface area contributed by atoms with Crippen LogP contribution in [0.3, 0.4) is 0 Å². The lowest BCUT2D eigenvalue weighted by Crippen LogP contribution is -2.24. The van der Waals surface area contributed by atoms with E-state index in [9.17, 15) is 4.79 Å². The molecule has 0 spiro atoms. The third-order valence-corrected chi connectivity index (χ3v) is 3.73. The van der Waals surface area contributed by atoms with Crippen LogP contribution in [-0.4, -0.2) is 25.8 Å². The molecule has 0 aliphatic heterocycles. The van der Waals surface area contributed by atoms with Gasteiger partial charge in [0.15, 0.2) is 0 Å². The standard InChI is InChI=1S/C19H30O3/c1-5-6-9-16-10-7-8-11-18(16)19(20)22-17(14-21-4)13-12-15(2)3/h7-8,10-11,15,17H,5-6,9,12-14H2,1-4H3. The van der Waals surface area contributed by atoms with Gasteiger partial charge >= 0.3 is 5.97 Å². The van der Waals surface area contributed by atoms with Crippen molar-refractivity contribution in [2.75, 3.05) is 13.7 Å². The molecular formula is C19H30O3. The van der Waals surface area contributed by atoms with Gasteiger partial charge in [0.2, 0.25) is 0 Å². The van der Waals surface area contributed by atoms with Crippen LogP contribution in [0.1, 0.15) is 62.4 Å². The van der Waals surface area contributed by atoms with Crippen molar-refractivity contribution in [3.05, 3.63) is 35.4 Å². The first-order chi connectivity index (χ1) is 10.6. The normalized spacial score (nSPS) is 12.4. The van der Waals surface area contributed by atoms with Gasteiger partial charge in [0, 0.05) is 7.11 Å². The van der Waals surface area contributed by atoms with Crippen LogP contribution in [0.5, 0.6) is 0 Å². The molecule has 0 aliphatic rings. The van der Waals surface area contributed by atoms with Crippen LogP contribution in [0.2, 0.25) is 0 Å². The number of ether oxygens (including phenoxy) is 2. The van der Waals surface area contributed by atoms with E-state index in [1.54, 1.807) is 7.11 Å². The van der Waals surface area contributed by atoms with Crippen LogP contribution in [0.15, 0.2) is 24.3 Å². The maximum absolute atomic E-state index is 12.5. The predicted molar refractivity (Wildman–Crippen MR) is 90.2 cm³/mol. The molecule has 0 heterocycles. The van der Waals surface area contributed by atoms with Gasteiger partial charge in [-0.05, 0) is 43.2 Å². The minimum absolute atomic E-state index is 0.167. The number of aryl methyl sites for hydroxylation is 1. The number of esters is 1. The minimum atomic E-state index is -0.225.